The average molecular weight is 278 g/mol. The summed E-state index contributed by atoms with van der Waals surface area (Å²) in [6.45, 7) is 11.6. The molecule has 0 amide bonds. The molecule has 5 atom stereocenters. The molecule has 0 aromatic rings. The van der Waals surface area contributed by atoms with Crippen LogP contribution in [0, 0.1) is 22.2 Å². The summed E-state index contributed by atoms with van der Waals surface area (Å²) >= 11 is 0. The second kappa shape index (κ2) is 4.58. The molecule has 3 rings (SSSR count). The van der Waals surface area contributed by atoms with Gasteiger partial charge >= 0.3 is 0 Å². The Balaban J connectivity index is 1.94. The molecule has 3 fully saturated rings. The average Bonchev–Trinajstić information content (AvgIpc) is 2.59. The predicted octanol–water partition coefficient (Wildman–Crippen LogP) is 3.94. The van der Waals surface area contributed by atoms with Crippen LogP contribution in [0.15, 0.2) is 12.7 Å². The van der Waals surface area contributed by atoms with Crippen LogP contribution in [-0.2, 0) is 4.74 Å². The van der Waals surface area contributed by atoms with E-state index in [0.29, 0.717) is 23.5 Å². The van der Waals surface area contributed by atoms with Gasteiger partial charge in [0.25, 0.3) is 0 Å². The predicted molar refractivity (Wildman–Crippen MR) is 81.5 cm³/mol. The van der Waals surface area contributed by atoms with Gasteiger partial charge in [-0.15, -0.1) is 6.58 Å². The van der Waals surface area contributed by atoms with Crippen LogP contribution in [0.3, 0.4) is 0 Å². The highest BCUT2D eigenvalue weighted by atomic mass is 16.5. The Labute approximate surface area is 123 Å². The Bertz CT molecular complexity index is 402. The van der Waals surface area contributed by atoms with Crippen LogP contribution in [0.5, 0.6) is 0 Å². The molecule has 0 unspecified atom stereocenters. The fourth-order valence-corrected chi connectivity index (χ4v) is 5.93. The molecule has 1 spiro atoms. The van der Waals surface area contributed by atoms with Gasteiger partial charge < -0.3 is 9.84 Å². The largest absolute Gasteiger partial charge is 0.393 e. The molecular formula is C18H30O2. The zero-order valence-corrected chi connectivity index (χ0v) is 13.3. The van der Waals surface area contributed by atoms with Crippen LogP contribution in [0.1, 0.15) is 59.3 Å². The van der Waals surface area contributed by atoms with E-state index in [1.54, 1.807) is 0 Å². The van der Waals surface area contributed by atoms with E-state index in [2.05, 4.69) is 27.4 Å². The molecule has 0 aromatic carbocycles. The first-order valence-electron chi connectivity index (χ1n) is 8.25. The molecule has 0 radical (unpaired) electrons. The smallest absolute Gasteiger partial charge is 0.0648 e. The molecule has 114 valence electrons. The lowest BCUT2D eigenvalue weighted by Crippen LogP contribution is -2.54. The first-order chi connectivity index (χ1) is 9.34. The normalized spacial score (nSPS) is 49.7. The van der Waals surface area contributed by atoms with Crippen LogP contribution in [0.25, 0.3) is 0 Å². The topological polar surface area (TPSA) is 29.5 Å². The van der Waals surface area contributed by atoms with Gasteiger partial charge in [0.2, 0.25) is 0 Å². The summed E-state index contributed by atoms with van der Waals surface area (Å²) in [5.74, 6) is 0.755. The van der Waals surface area contributed by atoms with Crippen LogP contribution in [-0.4, -0.2) is 23.9 Å². The monoisotopic (exact) mass is 278 g/mol. The molecule has 3 aliphatic rings. The van der Waals surface area contributed by atoms with Crippen molar-refractivity contribution in [3.8, 4) is 0 Å². The second-order valence-electron chi connectivity index (χ2n) is 8.51. The molecular weight excluding hydrogens is 248 g/mol. The summed E-state index contributed by atoms with van der Waals surface area (Å²) in [6.07, 6.45) is 8.96. The van der Waals surface area contributed by atoms with Gasteiger partial charge in [0.05, 0.1) is 18.8 Å². The standard InChI is InChI=1S/C18H30O2/c1-5-10-20-15-11-16(2,3)13-6-8-17(4)12-18(13,15)9-7-14(17)19/h5,13-15,19H,1,6-12H2,2-4H3/t13-,14+,15-,17-,18-/m0/s1. The molecule has 2 nitrogen and oxygen atoms in total. The van der Waals surface area contributed by atoms with Gasteiger partial charge in [0.15, 0.2) is 0 Å². The number of aliphatic hydroxyl groups excluding tert-OH is 1. The summed E-state index contributed by atoms with van der Waals surface area (Å²) < 4.78 is 6.21. The maximum Gasteiger partial charge on any atom is 0.0648 e. The molecule has 2 bridgehead atoms. The number of hydrogen-bond acceptors (Lipinski definition) is 2. The van der Waals surface area contributed by atoms with Crippen LogP contribution < -0.4 is 0 Å². The lowest BCUT2D eigenvalue weighted by atomic mass is 9.49. The highest BCUT2D eigenvalue weighted by molar-refractivity contribution is 5.14. The summed E-state index contributed by atoms with van der Waals surface area (Å²) in [7, 11) is 0. The number of rotatable bonds is 3. The Morgan fingerprint density at radius 2 is 2.00 bits per heavy atom. The van der Waals surface area contributed by atoms with Gasteiger partial charge in [-0.1, -0.05) is 26.8 Å². The van der Waals surface area contributed by atoms with Crippen molar-refractivity contribution >= 4 is 0 Å². The molecule has 2 heteroatoms. The van der Waals surface area contributed by atoms with Crippen molar-refractivity contribution in [2.24, 2.45) is 22.2 Å². The van der Waals surface area contributed by atoms with E-state index >= 15 is 0 Å². The molecule has 0 saturated heterocycles. The molecule has 0 heterocycles. The zero-order valence-electron chi connectivity index (χ0n) is 13.3. The summed E-state index contributed by atoms with van der Waals surface area (Å²) in [6, 6.07) is 0. The van der Waals surface area contributed by atoms with Crippen LogP contribution in [0.2, 0.25) is 0 Å². The van der Waals surface area contributed by atoms with E-state index in [-0.39, 0.29) is 11.5 Å². The van der Waals surface area contributed by atoms with Crippen molar-refractivity contribution in [3.63, 3.8) is 0 Å². The first kappa shape index (κ1) is 14.6. The maximum absolute atomic E-state index is 10.4. The fraction of sp³-hybridized carbons (Fsp3) is 0.889. The Morgan fingerprint density at radius 1 is 1.25 bits per heavy atom. The number of aliphatic hydroxyl groups is 1. The third-order valence-corrected chi connectivity index (χ3v) is 6.83. The van der Waals surface area contributed by atoms with Crippen molar-refractivity contribution in [1.29, 1.82) is 0 Å². The Hall–Kier alpha value is -0.340. The SMILES string of the molecule is C=CCO[C@H]1CC(C)(C)[C@@H]2CC[C@@]3(C)C[C@]12CC[C@H]3O. The van der Waals surface area contributed by atoms with Crippen LogP contribution >= 0.6 is 0 Å². The number of fused-ring (bicyclic) bond motifs is 1. The molecule has 0 aromatic heterocycles. The van der Waals surface area contributed by atoms with E-state index in [9.17, 15) is 5.11 Å². The van der Waals surface area contributed by atoms with Crippen molar-refractivity contribution < 1.29 is 9.84 Å². The second-order valence-corrected chi connectivity index (χ2v) is 8.51. The third kappa shape index (κ3) is 1.91. The number of ether oxygens (including phenoxy) is 1. The maximum atomic E-state index is 10.4. The first-order valence-corrected chi connectivity index (χ1v) is 8.25. The summed E-state index contributed by atoms with van der Waals surface area (Å²) in [5.41, 5.74) is 0.791. The lowest BCUT2D eigenvalue weighted by molar-refractivity contribution is -0.153. The Morgan fingerprint density at radius 3 is 2.70 bits per heavy atom. The van der Waals surface area contributed by atoms with E-state index in [0.717, 1.165) is 31.6 Å². The van der Waals surface area contributed by atoms with Crippen molar-refractivity contribution in [3.05, 3.63) is 12.7 Å². The summed E-state index contributed by atoms with van der Waals surface area (Å²) in [4.78, 5) is 0. The van der Waals surface area contributed by atoms with Gasteiger partial charge in [0.1, 0.15) is 0 Å². The van der Waals surface area contributed by atoms with E-state index in [4.69, 9.17) is 4.74 Å². The van der Waals surface area contributed by atoms with E-state index < -0.39 is 0 Å². The minimum absolute atomic E-state index is 0.113. The third-order valence-electron chi connectivity index (χ3n) is 6.83. The lowest BCUT2D eigenvalue weighted by Gasteiger charge is -2.58. The fourth-order valence-electron chi connectivity index (χ4n) is 5.93. The quantitative estimate of drug-likeness (QED) is 0.792. The molecule has 1 N–H and O–H groups in total. The molecule has 3 saturated carbocycles. The van der Waals surface area contributed by atoms with Crippen molar-refractivity contribution in [2.75, 3.05) is 6.61 Å². The van der Waals surface area contributed by atoms with Crippen molar-refractivity contribution in [1.82, 2.24) is 0 Å². The van der Waals surface area contributed by atoms with Gasteiger partial charge in [-0.2, -0.15) is 0 Å². The van der Waals surface area contributed by atoms with Gasteiger partial charge in [-0.05, 0) is 55.3 Å². The van der Waals surface area contributed by atoms with E-state index in [1.807, 2.05) is 6.08 Å². The van der Waals surface area contributed by atoms with Gasteiger partial charge in [-0.25, -0.2) is 0 Å². The van der Waals surface area contributed by atoms with Gasteiger partial charge in [0, 0.05) is 5.41 Å². The van der Waals surface area contributed by atoms with Gasteiger partial charge in [-0.3, -0.25) is 0 Å². The molecule has 20 heavy (non-hydrogen) atoms. The minimum Gasteiger partial charge on any atom is -0.393 e. The highest BCUT2D eigenvalue weighted by Crippen LogP contribution is 2.69. The number of hydrogen-bond donors (Lipinski definition) is 1. The molecule has 3 aliphatic carbocycles. The van der Waals surface area contributed by atoms with Crippen molar-refractivity contribution in [2.45, 2.75) is 71.5 Å². The minimum atomic E-state index is -0.113. The zero-order chi connectivity index (χ0) is 14.6. The Kier molecular flexibility index (Phi) is 3.34. The van der Waals surface area contributed by atoms with E-state index in [1.165, 1.54) is 12.8 Å². The summed E-state index contributed by atoms with van der Waals surface area (Å²) in [5, 5.41) is 10.4. The van der Waals surface area contributed by atoms with Crippen LogP contribution in [0.4, 0.5) is 0 Å². The highest BCUT2D eigenvalue weighted by Gasteiger charge is 2.65. The molecule has 0 aliphatic heterocycles.